The molecule has 2 amide bonds. The van der Waals surface area contributed by atoms with Gasteiger partial charge in [-0.15, -0.1) is 0 Å². The van der Waals surface area contributed by atoms with Crippen molar-refractivity contribution in [1.82, 2.24) is 4.90 Å². The molecule has 2 aliphatic rings. The number of esters is 1. The number of rotatable bonds is 21. The van der Waals surface area contributed by atoms with Crippen molar-refractivity contribution in [1.29, 1.82) is 0 Å². The second-order valence-electron chi connectivity index (χ2n) is 14.0. The van der Waals surface area contributed by atoms with E-state index in [1.54, 1.807) is 37.3 Å². The molecule has 0 bridgehead atoms. The Labute approximate surface area is 343 Å². The Balaban J connectivity index is 1.22. The van der Waals surface area contributed by atoms with Crippen molar-refractivity contribution in [3.8, 4) is 0 Å². The zero-order valence-electron chi connectivity index (χ0n) is 33.5. The molecule has 0 saturated carbocycles. The maximum Gasteiger partial charge on any atom is 0.417 e. The maximum atomic E-state index is 13.7. The van der Waals surface area contributed by atoms with Gasteiger partial charge in [0.2, 0.25) is 0 Å². The molecule has 1 N–H and O–H groups in total. The van der Waals surface area contributed by atoms with Gasteiger partial charge in [0.15, 0.2) is 30.1 Å². The van der Waals surface area contributed by atoms with E-state index in [-0.39, 0.29) is 39.3 Å². The summed E-state index contributed by atoms with van der Waals surface area (Å²) in [5.41, 5.74) is 2.47. The minimum atomic E-state index is -1.81. The fourth-order valence-corrected chi connectivity index (χ4v) is 6.92. The molecule has 3 aromatic rings. The first kappa shape index (κ1) is 45.0. The molecule has 3 aromatic carbocycles. The Morgan fingerprint density at radius 2 is 1.39 bits per heavy atom. The van der Waals surface area contributed by atoms with Gasteiger partial charge >= 0.3 is 12.1 Å². The Morgan fingerprint density at radius 3 is 1.95 bits per heavy atom. The number of imide groups is 1. The minimum Gasteiger partial charge on any atom is -0.451 e. The average Bonchev–Trinajstić information content (AvgIpc) is 3.56. The van der Waals surface area contributed by atoms with Crippen LogP contribution >= 0.6 is 0 Å². The summed E-state index contributed by atoms with van der Waals surface area (Å²) in [5.74, 6) is -3.22. The first-order valence-corrected chi connectivity index (χ1v) is 19.3. The zero-order valence-corrected chi connectivity index (χ0v) is 33.5. The summed E-state index contributed by atoms with van der Waals surface area (Å²) < 4.78 is 46.7. The zero-order chi connectivity index (χ0) is 42.3. The van der Waals surface area contributed by atoms with Crippen molar-refractivity contribution in [3.63, 3.8) is 0 Å². The third kappa shape index (κ3) is 12.0. The van der Waals surface area contributed by atoms with Gasteiger partial charge in [-0.1, -0.05) is 91.0 Å². The second-order valence-corrected chi connectivity index (χ2v) is 14.0. The number of amides is 2. The third-order valence-corrected chi connectivity index (χ3v) is 9.87. The highest BCUT2D eigenvalue weighted by Gasteiger charge is 2.50. The van der Waals surface area contributed by atoms with Crippen molar-refractivity contribution in [2.24, 2.45) is 0 Å². The Hall–Kier alpha value is -5.13. The molecular formula is C44H51NO14. The first-order chi connectivity index (χ1) is 28.6. The van der Waals surface area contributed by atoms with Crippen molar-refractivity contribution in [3.05, 3.63) is 120 Å². The summed E-state index contributed by atoms with van der Waals surface area (Å²) in [6.07, 6.45) is -7.27. The third-order valence-electron chi connectivity index (χ3n) is 9.87. The Bertz CT molecular complexity index is 1860. The number of aliphatic hydroxyl groups excluding tert-OH is 1. The van der Waals surface area contributed by atoms with Crippen LogP contribution in [0.25, 0.3) is 0 Å². The summed E-state index contributed by atoms with van der Waals surface area (Å²) in [6, 6.07) is 27.1. The summed E-state index contributed by atoms with van der Waals surface area (Å²) >= 11 is 0. The Kier molecular flexibility index (Phi) is 17.0. The van der Waals surface area contributed by atoms with Crippen LogP contribution in [0.1, 0.15) is 49.5 Å². The van der Waals surface area contributed by atoms with E-state index in [0.717, 1.165) is 42.2 Å². The van der Waals surface area contributed by atoms with Gasteiger partial charge in [-0.25, -0.2) is 9.69 Å². The maximum absolute atomic E-state index is 13.7. The van der Waals surface area contributed by atoms with Crippen LogP contribution in [-0.4, -0.2) is 116 Å². The largest absolute Gasteiger partial charge is 0.451 e. The molecule has 9 atom stereocenters. The molecule has 2 saturated heterocycles. The molecule has 5 rings (SSSR count). The van der Waals surface area contributed by atoms with E-state index < -0.39 is 84.6 Å². The molecule has 0 aromatic heterocycles. The van der Waals surface area contributed by atoms with Gasteiger partial charge in [-0.3, -0.25) is 19.2 Å². The molecule has 15 heteroatoms. The predicted octanol–water partition coefficient (Wildman–Crippen LogP) is 4.44. The normalized spacial score (nSPS) is 24.1. The van der Waals surface area contributed by atoms with Gasteiger partial charge in [0.05, 0.1) is 25.9 Å². The summed E-state index contributed by atoms with van der Waals surface area (Å²) in [5, 5.41) is 10.3. The lowest BCUT2D eigenvalue weighted by Gasteiger charge is -2.45. The second kappa shape index (κ2) is 22.3. The molecule has 2 aliphatic heterocycles. The van der Waals surface area contributed by atoms with Gasteiger partial charge in [0.25, 0.3) is 5.91 Å². The highest BCUT2D eigenvalue weighted by molar-refractivity contribution is 6.05. The van der Waals surface area contributed by atoms with Crippen molar-refractivity contribution >= 4 is 29.5 Å². The number of carbonyl (C=O) groups excluding carboxylic acids is 5. The average molecular weight is 818 g/mol. The summed E-state index contributed by atoms with van der Waals surface area (Å²) in [7, 11) is 2.58. The SMILES string of the molecule is COC1OC(CO)C(OCc2ccccc2)C(OCc2ccccc2)C1OCCCC(=O)C=CC(=O)C(OC(C)=O)C(OC)C(=O)N1C(=O)OC(c2ccccc2)C1C. The Morgan fingerprint density at radius 1 is 0.797 bits per heavy atom. The molecule has 59 heavy (non-hydrogen) atoms. The van der Waals surface area contributed by atoms with Crippen molar-refractivity contribution in [2.75, 3.05) is 27.4 Å². The van der Waals surface area contributed by atoms with Crippen LogP contribution in [-0.2, 0) is 70.3 Å². The predicted molar refractivity (Wildman–Crippen MR) is 209 cm³/mol. The van der Waals surface area contributed by atoms with Crippen LogP contribution in [0.5, 0.6) is 0 Å². The number of aliphatic hydroxyl groups is 1. The van der Waals surface area contributed by atoms with E-state index in [4.69, 9.17) is 37.9 Å². The monoisotopic (exact) mass is 817 g/mol. The summed E-state index contributed by atoms with van der Waals surface area (Å²) in [6.45, 7) is 2.77. The van der Waals surface area contributed by atoms with Crippen LogP contribution in [0.2, 0.25) is 0 Å². The molecule has 2 heterocycles. The quantitative estimate of drug-likeness (QED) is 0.0905. The van der Waals surface area contributed by atoms with Gasteiger partial charge in [-0.05, 0) is 42.2 Å². The highest BCUT2D eigenvalue weighted by atomic mass is 16.7. The number of hydrogen-bond donors (Lipinski definition) is 1. The van der Waals surface area contributed by atoms with Crippen LogP contribution < -0.4 is 0 Å². The number of hydrogen-bond acceptors (Lipinski definition) is 14. The first-order valence-electron chi connectivity index (χ1n) is 19.3. The van der Waals surface area contributed by atoms with E-state index in [1.807, 2.05) is 60.7 Å². The molecule has 0 aliphatic carbocycles. The number of methoxy groups -OCH3 is 2. The van der Waals surface area contributed by atoms with Crippen LogP contribution in [0.4, 0.5) is 4.79 Å². The molecule has 2 fully saturated rings. The molecular weight excluding hydrogens is 766 g/mol. The van der Waals surface area contributed by atoms with Crippen LogP contribution in [0.15, 0.2) is 103 Å². The minimum absolute atomic E-state index is 0.0478. The summed E-state index contributed by atoms with van der Waals surface area (Å²) in [4.78, 5) is 65.9. The topological polar surface area (TPSA) is 183 Å². The highest BCUT2D eigenvalue weighted by Crippen LogP contribution is 2.34. The number of cyclic esters (lactones) is 1. The number of ether oxygens (including phenoxy) is 8. The fourth-order valence-electron chi connectivity index (χ4n) is 6.92. The van der Waals surface area contributed by atoms with E-state index in [0.29, 0.717) is 5.56 Å². The molecule has 316 valence electrons. The van der Waals surface area contributed by atoms with E-state index in [9.17, 15) is 29.1 Å². The van der Waals surface area contributed by atoms with Gasteiger partial charge in [-0.2, -0.15) is 0 Å². The van der Waals surface area contributed by atoms with E-state index >= 15 is 0 Å². The fraction of sp³-hybridized carbons (Fsp3) is 0.432. The molecule has 9 unspecified atom stereocenters. The molecule has 0 spiro atoms. The van der Waals surface area contributed by atoms with Gasteiger partial charge in [0, 0.05) is 34.2 Å². The number of allylic oxidation sites excluding steroid dienone is 1. The lowest BCUT2D eigenvalue weighted by molar-refractivity contribution is -0.319. The lowest BCUT2D eigenvalue weighted by atomic mass is 9.98. The number of benzene rings is 3. The molecule has 0 radical (unpaired) electrons. The number of carbonyl (C=O) groups is 5. The van der Waals surface area contributed by atoms with Gasteiger partial charge < -0.3 is 43.0 Å². The van der Waals surface area contributed by atoms with Crippen molar-refractivity contribution in [2.45, 2.75) is 95.0 Å². The van der Waals surface area contributed by atoms with E-state index in [2.05, 4.69) is 0 Å². The smallest absolute Gasteiger partial charge is 0.417 e. The van der Waals surface area contributed by atoms with Gasteiger partial charge in [0.1, 0.15) is 30.5 Å². The number of ketones is 2. The van der Waals surface area contributed by atoms with Crippen LogP contribution in [0, 0.1) is 0 Å². The van der Waals surface area contributed by atoms with Crippen molar-refractivity contribution < 1.29 is 67.0 Å². The molecule has 15 nitrogen and oxygen atoms in total. The standard InChI is InChI=1S/C44H51NO14/c1-28-36(32-19-12-7-13-20-32)59-44(51)45(28)42(50)40(52-3)37(57-29(2)47)34(49)23-22-33(48)21-14-24-54-41-39(56-27-31-17-10-6-11-18-31)38(35(25-46)58-43(41)53-4)55-26-30-15-8-5-9-16-30/h5-13,15-20,22-23,28,35-41,43,46H,14,21,24-27H2,1-4H3. The number of nitrogens with zero attached hydrogens (tertiary/aromatic N) is 1. The lowest BCUT2D eigenvalue weighted by Crippen LogP contribution is -2.61. The van der Waals surface area contributed by atoms with E-state index in [1.165, 1.54) is 7.11 Å². The van der Waals surface area contributed by atoms with Crippen LogP contribution in [0.3, 0.4) is 0 Å².